The zero-order valence-electron chi connectivity index (χ0n) is 17.6. The Morgan fingerprint density at radius 2 is 1.72 bits per heavy atom. The van der Waals surface area contributed by atoms with Gasteiger partial charge in [0.2, 0.25) is 0 Å². The summed E-state index contributed by atoms with van der Waals surface area (Å²) in [7, 11) is 0. The Balaban J connectivity index is 1.62. The second-order valence-electron chi connectivity index (χ2n) is 7.33. The second kappa shape index (κ2) is 9.08. The minimum atomic E-state index is 0.559. The first-order valence-corrected chi connectivity index (χ1v) is 11.3. The van der Waals surface area contributed by atoms with E-state index in [1.807, 2.05) is 17.7 Å². The number of benzene rings is 3. The fourth-order valence-electron chi connectivity index (χ4n) is 3.86. The summed E-state index contributed by atoms with van der Waals surface area (Å²) in [5, 5.41) is 14.0. The third kappa shape index (κ3) is 4.13. The van der Waals surface area contributed by atoms with Crippen LogP contribution in [0, 0.1) is 0 Å². The molecule has 0 saturated carbocycles. The molecule has 1 N–H and O–H groups in total. The average molecular weight is 436 g/mol. The highest BCUT2D eigenvalue weighted by atomic mass is 32.1. The largest absolute Gasteiger partial charge is 0.245 e. The SMILES string of the molecule is CCC(=C(c1ccc(C=Cc2nn[nH]n2)cc1)c1ccc2scnc2c1)c1ccccc1. The van der Waals surface area contributed by atoms with Gasteiger partial charge in [0.25, 0.3) is 0 Å². The van der Waals surface area contributed by atoms with Crippen LogP contribution in [0.1, 0.15) is 41.4 Å². The van der Waals surface area contributed by atoms with Crippen molar-refractivity contribution < 1.29 is 0 Å². The van der Waals surface area contributed by atoms with E-state index >= 15 is 0 Å². The molecule has 156 valence electrons. The molecule has 2 heterocycles. The van der Waals surface area contributed by atoms with E-state index in [1.54, 1.807) is 11.3 Å². The molecule has 0 radical (unpaired) electrons. The Labute approximate surface area is 190 Å². The van der Waals surface area contributed by atoms with Crippen molar-refractivity contribution in [3.63, 3.8) is 0 Å². The Hall–Kier alpha value is -3.90. The molecule has 0 fully saturated rings. The number of hydrogen-bond acceptors (Lipinski definition) is 5. The smallest absolute Gasteiger partial charge is 0.197 e. The van der Waals surface area contributed by atoms with Crippen molar-refractivity contribution in [2.75, 3.05) is 0 Å². The molecule has 0 saturated heterocycles. The zero-order chi connectivity index (χ0) is 21.8. The van der Waals surface area contributed by atoms with Gasteiger partial charge in [-0.3, -0.25) is 0 Å². The molecule has 3 aromatic carbocycles. The molecule has 0 amide bonds. The zero-order valence-corrected chi connectivity index (χ0v) is 18.4. The summed E-state index contributed by atoms with van der Waals surface area (Å²) in [6, 6.07) is 25.8. The number of nitrogens with one attached hydrogen (secondary N) is 1. The summed E-state index contributed by atoms with van der Waals surface area (Å²) >= 11 is 1.67. The molecule has 0 spiro atoms. The standard InChI is InChI=1S/C26H21N5S/c1-2-22(19-6-4-3-5-7-19)26(21-13-14-24-23(16-21)27-17-32-24)20-11-8-18(9-12-20)10-15-25-28-30-31-29-25/h3-17H,2H2,1H3,(H,28,29,30,31). The number of nitrogens with zero attached hydrogens (tertiary/aromatic N) is 4. The van der Waals surface area contributed by atoms with E-state index in [0.717, 1.165) is 17.5 Å². The Morgan fingerprint density at radius 3 is 2.47 bits per heavy atom. The molecule has 0 bridgehead atoms. The van der Waals surface area contributed by atoms with Crippen LogP contribution in [0.15, 0.2) is 78.3 Å². The molecule has 0 aliphatic heterocycles. The number of fused-ring (bicyclic) bond motifs is 1. The van der Waals surface area contributed by atoms with Gasteiger partial charge in [-0.05, 0) is 63.2 Å². The molecule has 0 unspecified atom stereocenters. The van der Waals surface area contributed by atoms with Crippen molar-refractivity contribution in [3.05, 3.63) is 106 Å². The number of thiazole rings is 1. The van der Waals surface area contributed by atoms with Crippen molar-refractivity contribution in [2.45, 2.75) is 13.3 Å². The van der Waals surface area contributed by atoms with Crippen LogP contribution in [0.2, 0.25) is 0 Å². The fraction of sp³-hybridized carbons (Fsp3) is 0.0769. The number of aromatic nitrogens is 5. The van der Waals surface area contributed by atoms with Crippen LogP contribution in [-0.4, -0.2) is 25.6 Å². The van der Waals surface area contributed by atoms with Crippen LogP contribution in [0.3, 0.4) is 0 Å². The van der Waals surface area contributed by atoms with Gasteiger partial charge in [-0.25, -0.2) is 4.98 Å². The predicted molar refractivity (Wildman–Crippen MR) is 132 cm³/mol. The van der Waals surface area contributed by atoms with Crippen LogP contribution < -0.4 is 0 Å². The number of rotatable bonds is 6. The maximum Gasteiger partial charge on any atom is 0.197 e. The summed E-state index contributed by atoms with van der Waals surface area (Å²) in [5.74, 6) is 0.559. The molecule has 32 heavy (non-hydrogen) atoms. The fourth-order valence-corrected chi connectivity index (χ4v) is 4.52. The summed E-state index contributed by atoms with van der Waals surface area (Å²) in [4.78, 5) is 4.54. The first kappa shape index (κ1) is 20.0. The topological polar surface area (TPSA) is 67.3 Å². The number of hydrogen-bond donors (Lipinski definition) is 1. The monoisotopic (exact) mass is 435 g/mol. The second-order valence-corrected chi connectivity index (χ2v) is 8.22. The Morgan fingerprint density at radius 1 is 0.906 bits per heavy atom. The lowest BCUT2D eigenvalue weighted by atomic mass is 9.88. The Kier molecular flexibility index (Phi) is 5.68. The van der Waals surface area contributed by atoms with E-state index < -0.39 is 0 Å². The third-order valence-corrected chi connectivity index (χ3v) is 6.19. The first-order valence-electron chi connectivity index (χ1n) is 10.5. The van der Waals surface area contributed by atoms with E-state index in [4.69, 9.17) is 0 Å². The van der Waals surface area contributed by atoms with Gasteiger partial charge in [0.1, 0.15) is 0 Å². The number of tetrazole rings is 1. The van der Waals surface area contributed by atoms with Crippen LogP contribution in [0.5, 0.6) is 0 Å². The summed E-state index contributed by atoms with van der Waals surface area (Å²) in [6.45, 7) is 2.21. The molecule has 0 aliphatic rings. The van der Waals surface area contributed by atoms with Gasteiger partial charge in [-0.2, -0.15) is 5.21 Å². The highest BCUT2D eigenvalue weighted by Crippen LogP contribution is 2.36. The van der Waals surface area contributed by atoms with Gasteiger partial charge in [0.15, 0.2) is 5.82 Å². The molecule has 6 heteroatoms. The normalized spacial score (nSPS) is 12.4. The number of H-pyrrole nitrogens is 1. The van der Waals surface area contributed by atoms with E-state index in [2.05, 4.69) is 105 Å². The van der Waals surface area contributed by atoms with Crippen molar-refractivity contribution >= 4 is 44.9 Å². The van der Waals surface area contributed by atoms with Gasteiger partial charge >= 0.3 is 0 Å². The molecule has 5 nitrogen and oxygen atoms in total. The lowest BCUT2D eigenvalue weighted by molar-refractivity contribution is 0.881. The lowest BCUT2D eigenvalue weighted by Gasteiger charge is -2.16. The van der Waals surface area contributed by atoms with Crippen molar-refractivity contribution in [1.29, 1.82) is 0 Å². The first-order chi connectivity index (χ1) is 15.8. The van der Waals surface area contributed by atoms with Gasteiger partial charge in [0.05, 0.1) is 15.7 Å². The van der Waals surface area contributed by atoms with Crippen molar-refractivity contribution in [1.82, 2.24) is 25.6 Å². The van der Waals surface area contributed by atoms with Crippen LogP contribution in [0.25, 0.3) is 33.5 Å². The number of allylic oxidation sites excluding steroid dienone is 1. The van der Waals surface area contributed by atoms with Crippen molar-refractivity contribution in [2.24, 2.45) is 0 Å². The molecular weight excluding hydrogens is 414 g/mol. The maximum atomic E-state index is 4.54. The summed E-state index contributed by atoms with van der Waals surface area (Å²) in [6.07, 6.45) is 4.75. The molecule has 0 aliphatic carbocycles. The quantitative estimate of drug-likeness (QED) is 0.316. The molecule has 0 atom stereocenters. The van der Waals surface area contributed by atoms with Gasteiger partial charge in [0, 0.05) is 0 Å². The predicted octanol–water partition coefficient (Wildman–Crippen LogP) is 6.35. The number of aromatic amines is 1. The molecular formula is C26H21N5S. The highest BCUT2D eigenvalue weighted by Gasteiger charge is 2.14. The highest BCUT2D eigenvalue weighted by molar-refractivity contribution is 7.16. The van der Waals surface area contributed by atoms with E-state index in [0.29, 0.717) is 5.82 Å². The van der Waals surface area contributed by atoms with E-state index in [9.17, 15) is 0 Å². The third-order valence-electron chi connectivity index (χ3n) is 5.38. The van der Waals surface area contributed by atoms with Gasteiger partial charge in [-0.1, -0.05) is 73.7 Å². The maximum absolute atomic E-state index is 4.54. The van der Waals surface area contributed by atoms with Crippen LogP contribution >= 0.6 is 11.3 Å². The van der Waals surface area contributed by atoms with E-state index in [1.165, 1.54) is 32.5 Å². The van der Waals surface area contributed by atoms with Gasteiger partial charge < -0.3 is 0 Å². The summed E-state index contributed by atoms with van der Waals surface area (Å²) in [5.41, 5.74) is 10.2. The summed E-state index contributed by atoms with van der Waals surface area (Å²) < 4.78 is 1.20. The minimum Gasteiger partial charge on any atom is -0.245 e. The average Bonchev–Trinajstić information content (AvgIpc) is 3.54. The van der Waals surface area contributed by atoms with Crippen LogP contribution in [-0.2, 0) is 0 Å². The molecule has 5 rings (SSSR count). The molecule has 5 aromatic rings. The lowest BCUT2D eigenvalue weighted by Crippen LogP contribution is -1.95. The van der Waals surface area contributed by atoms with E-state index in [-0.39, 0.29) is 0 Å². The Bertz CT molecular complexity index is 1380. The molecule has 2 aromatic heterocycles. The van der Waals surface area contributed by atoms with Gasteiger partial charge in [-0.15, -0.1) is 21.5 Å². The van der Waals surface area contributed by atoms with Crippen molar-refractivity contribution in [3.8, 4) is 0 Å². The van der Waals surface area contributed by atoms with Crippen LogP contribution in [0.4, 0.5) is 0 Å². The minimum absolute atomic E-state index is 0.559.